The zero-order valence-electron chi connectivity index (χ0n) is 10.3. The van der Waals surface area contributed by atoms with Crippen molar-refractivity contribution in [1.29, 1.82) is 0 Å². The number of benzene rings is 1. The number of carbonyl (C=O) groups excluding carboxylic acids is 1. The summed E-state index contributed by atoms with van der Waals surface area (Å²) in [6, 6.07) is 7.35. The van der Waals surface area contributed by atoms with Crippen molar-refractivity contribution in [2.24, 2.45) is 5.10 Å². The lowest BCUT2D eigenvalue weighted by atomic mass is 10.2. The quantitative estimate of drug-likeness (QED) is 0.659. The number of carbonyl (C=O) groups is 1. The molecule has 0 aliphatic rings. The first-order chi connectivity index (χ1) is 9.31. The third-order valence-corrected chi connectivity index (χ3v) is 2.30. The topological polar surface area (TPSA) is 76.5 Å². The van der Waals surface area contributed by atoms with Crippen LogP contribution in [0.1, 0.15) is 16.1 Å². The van der Waals surface area contributed by atoms with E-state index in [-0.39, 0.29) is 5.69 Å². The first kappa shape index (κ1) is 12.7. The SMILES string of the molecule is COc1ccccc1C=NNC(=O)c1cnccn1. The Bertz CT molecular complexity index is 584. The smallest absolute Gasteiger partial charge is 0.291 e. The van der Waals surface area contributed by atoms with Crippen LogP contribution in [0.4, 0.5) is 0 Å². The molecule has 1 N–H and O–H groups in total. The Morgan fingerprint density at radius 2 is 2.21 bits per heavy atom. The van der Waals surface area contributed by atoms with Crippen LogP contribution in [0.5, 0.6) is 5.75 Å². The van der Waals surface area contributed by atoms with Crippen LogP contribution in [0, 0.1) is 0 Å². The summed E-state index contributed by atoms with van der Waals surface area (Å²) in [4.78, 5) is 19.3. The van der Waals surface area contributed by atoms with E-state index in [1.54, 1.807) is 7.11 Å². The van der Waals surface area contributed by atoms with E-state index in [4.69, 9.17) is 4.74 Å². The molecule has 0 saturated heterocycles. The summed E-state index contributed by atoms with van der Waals surface area (Å²) in [5.74, 6) is 0.263. The monoisotopic (exact) mass is 256 g/mol. The molecule has 0 bridgehead atoms. The summed E-state index contributed by atoms with van der Waals surface area (Å²) >= 11 is 0. The van der Waals surface area contributed by atoms with Gasteiger partial charge < -0.3 is 4.74 Å². The molecule has 0 atom stereocenters. The Labute approximate surface area is 110 Å². The van der Waals surface area contributed by atoms with Gasteiger partial charge in [-0.05, 0) is 12.1 Å². The number of methoxy groups -OCH3 is 1. The van der Waals surface area contributed by atoms with E-state index in [0.717, 1.165) is 5.56 Å². The minimum Gasteiger partial charge on any atom is -0.496 e. The van der Waals surface area contributed by atoms with Gasteiger partial charge in [-0.3, -0.25) is 9.78 Å². The number of ether oxygens (including phenoxy) is 1. The van der Waals surface area contributed by atoms with Crippen LogP contribution in [0.2, 0.25) is 0 Å². The van der Waals surface area contributed by atoms with E-state index in [1.807, 2.05) is 24.3 Å². The second-order valence-electron chi connectivity index (χ2n) is 3.53. The maximum absolute atomic E-state index is 11.6. The molecule has 0 saturated carbocycles. The number of hydrazone groups is 1. The Kier molecular flexibility index (Phi) is 4.17. The average Bonchev–Trinajstić information content (AvgIpc) is 2.48. The van der Waals surface area contributed by atoms with Crippen LogP contribution in [-0.4, -0.2) is 29.2 Å². The Hall–Kier alpha value is -2.76. The molecule has 0 aliphatic heterocycles. The number of nitrogens with one attached hydrogen (secondary N) is 1. The van der Waals surface area contributed by atoms with Crippen LogP contribution < -0.4 is 10.2 Å². The van der Waals surface area contributed by atoms with Gasteiger partial charge in [0, 0.05) is 18.0 Å². The predicted octanol–water partition coefficient (Wildman–Crippen LogP) is 1.25. The molecule has 0 fully saturated rings. The summed E-state index contributed by atoms with van der Waals surface area (Å²) in [6.45, 7) is 0. The fourth-order valence-corrected chi connectivity index (χ4v) is 1.41. The number of nitrogens with zero attached hydrogens (tertiary/aromatic N) is 3. The Morgan fingerprint density at radius 3 is 2.95 bits per heavy atom. The molecule has 1 amide bonds. The van der Waals surface area contributed by atoms with Crippen LogP contribution in [0.3, 0.4) is 0 Å². The minimum atomic E-state index is -0.417. The van der Waals surface area contributed by atoms with Crippen LogP contribution >= 0.6 is 0 Å². The summed E-state index contributed by atoms with van der Waals surface area (Å²) < 4.78 is 5.16. The fourth-order valence-electron chi connectivity index (χ4n) is 1.41. The van der Waals surface area contributed by atoms with E-state index >= 15 is 0 Å². The molecule has 6 nitrogen and oxygen atoms in total. The highest BCUT2D eigenvalue weighted by molar-refractivity contribution is 5.93. The Balaban J connectivity index is 2.02. The first-order valence-corrected chi connectivity index (χ1v) is 5.53. The number of aromatic nitrogens is 2. The van der Waals surface area contributed by atoms with Crippen molar-refractivity contribution >= 4 is 12.1 Å². The third kappa shape index (κ3) is 3.35. The first-order valence-electron chi connectivity index (χ1n) is 5.53. The lowest BCUT2D eigenvalue weighted by Gasteiger charge is -2.03. The van der Waals surface area contributed by atoms with E-state index in [9.17, 15) is 4.79 Å². The van der Waals surface area contributed by atoms with Gasteiger partial charge in [0.1, 0.15) is 11.4 Å². The van der Waals surface area contributed by atoms with Crippen molar-refractivity contribution in [1.82, 2.24) is 15.4 Å². The van der Waals surface area contributed by atoms with Gasteiger partial charge in [-0.25, -0.2) is 10.4 Å². The average molecular weight is 256 g/mol. The highest BCUT2D eigenvalue weighted by atomic mass is 16.5. The van der Waals surface area contributed by atoms with Crippen molar-refractivity contribution in [3.05, 3.63) is 54.1 Å². The van der Waals surface area contributed by atoms with Crippen molar-refractivity contribution in [3.63, 3.8) is 0 Å². The zero-order chi connectivity index (χ0) is 13.5. The number of hydrogen-bond donors (Lipinski definition) is 1. The zero-order valence-corrected chi connectivity index (χ0v) is 10.3. The van der Waals surface area contributed by atoms with Crippen molar-refractivity contribution in [2.75, 3.05) is 7.11 Å². The van der Waals surface area contributed by atoms with Gasteiger partial charge >= 0.3 is 0 Å². The molecule has 1 heterocycles. The van der Waals surface area contributed by atoms with E-state index in [0.29, 0.717) is 5.75 Å². The largest absolute Gasteiger partial charge is 0.496 e. The maximum atomic E-state index is 11.6. The summed E-state index contributed by atoms with van der Waals surface area (Å²) in [7, 11) is 1.57. The predicted molar refractivity (Wildman–Crippen MR) is 70.1 cm³/mol. The molecule has 0 unspecified atom stereocenters. The molecule has 19 heavy (non-hydrogen) atoms. The van der Waals surface area contributed by atoms with Gasteiger partial charge in [-0.1, -0.05) is 12.1 Å². The second-order valence-corrected chi connectivity index (χ2v) is 3.53. The summed E-state index contributed by atoms with van der Waals surface area (Å²) in [6.07, 6.45) is 5.81. The molecule has 96 valence electrons. The van der Waals surface area contributed by atoms with Gasteiger partial charge in [-0.2, -0.15) is 5.10 Å². The van der Waals surface area contributed by atoms with Crippen molar-refractivity contribution < 1.29 is 9.53 Å². The molecular weight excluding hydrogens is 244 g/mol. The van der Waals surface area contributed by atoms with Gasteiger partial charge in [0.25, 0.3) is 5.91 Å². The molecule has 2 aromatic rings. The third-order valence-electron chi connectivity index (χ3n) is 2.30. The number of para-hydroxylation sites is 1. The lowest BCUT2D eigenvalue weighted by Crippen LogP contribution is -2.19. The van der Waals surface area contributed by atoms with Gasteiger partial charge in [0.05, 0.1) is 19.5 Å². The van der Waals surface area contributed by atoms with Crippen LogP contribution in [-0.2, 0) is 0 Å². The molecular formula is C13H12N4O2. The van der Waals surface area contributed by atoms with Gasteiger partial charge in [-0.15, -0.1) is 0 Å². The molecule has 1 aromatic carbocycles. The van der Waals surface area contributed by atoms with Crippen molar-refractivity contribution in [2.45, 2.75) is 0 Å². The molecule has 6 heteroatoms. The molecule has 0 radical (unpaired) electrons. The standard InChI is InChI=1S/C13H12N4O2/c1-19-12-5-3-2-4-10(12)8-16-17-13(18)11-9-14-6-7-15-11/h2-9H,1H3,(H,17,18). The van der Waals surface area contributed by atoms with E-state index in [1.165, 1.54) is 24.8 Å². The van der Waals surface area contributed by atoms with Crippen LogP contribution in [0.15, 0.2) is 48.0 Å². The summed E-state index contributed by atoms with van der Waals surface area (Å²) in [5.41, 5.74) is 3.35. The highest BCUT2D eigenvalue weighted by Gasteiger charge is 2.04. The van der Waals surface area contributed by atoms with Gasteiger partial charge in [0.2, 0.25) is 0 Å². The molecule has 0 aliphatic carbocycles. The Morgan fingerprint density at radius 1 is 1.37 bits per heavy atom. The normalized spacial score (nSPS) is 10.4. The maximum Gasteiger partial charge on any atom is 0.291 e. The molecule has 2 rings (SSSR count). The van der Waals surface area contributed by atoms with Crippen LogP contribution in [0.25, 0.3) is 0 Å². The summed E-state index contributed by atoms with van der Waals surface area (Å²) in [5, 5.41) is 3.85. The minimum absolute atomic E-state index is 0.208. The van der Waals surface area contributed by atoms with Crippen molar-refractivity contribution in [3.8, 4) is 5.75 Å². The second kappa shape index (κ2) is 6.25. The van der Waals surface area contributed by atoms with E-state index in [2.05, 4.69) is 20.5 Å². The number of rotatable bonds is 4. The highest BCUT2D eigenvalue weighted by Crippen LogP contribution is 2.14. The van der Waals surface area contributed by atoms with Gasteiger partial charge in [0.15, 0.2) is 0 Å². The lowest BCUT2D eigenvalue weighted by molar-refractivity contribution is 0.0949. The van der Waals surface area contributed by atoms with E-state index < -0.39 is 5.91 Å². The number of amides is 1. The number of hydrogen-bond acceptors (Lipinski definition) is 5. The molecule has 1 aromatic heterocycles. The molecule has 0 spiro atoms. The fraction of sp³-hybridized carbons (Fsp3) is 0.0769.